The molecule has 0 fully saturated rings. The number of hydrogen-bond donors (Lipinski definition) is 0. The summed E-state index contributed by atoms with van der Waals surface area (Å²) in [5.74, 6) is 0.634. The number of pyridine rings is 1. The average molecular weight is 1250 g/mol. The molecular weight excluding hydrogens is 1170 g/mol. The third-order valence-electron chi connectivity index (χ3n) is 16.3. The van der Waals surface area contributed by atoms with Crippen LogP contribution in [0.5, 0.6) is 11.5 Å². The summed E-state index contributed by atoms with van der Waals surface area (Å²) in [4.78, 5) is 4.96. The molecule has 0 spiro atoms. The van der Waals surface area contributed by atoms with Crippen molar-refractivity contribution >= 4 is 50.6 Å². The Morgan fingerprint density at radius 1 is 0.605 bits per heavy atom. The van der Waals surface area contributed by atoms with Gasteiger partial charge in [0.1, 0.15) is 11.5 Å². The molecule has 8 aromatic carbocycles. The van der Waals surface area contributed by atoms with E-state index in [-0.39, 0.29) is 106 Å². The Balaban J connectivity index is 0.00000884. The van der Waals surface area contributed by atoms with Crippen molar-refractivity contribution in [3.63, 3.8) is 0 Å². The number of aromatic nitrogens is 2. The van der Waals surface area contributed by atoms with E-state index in [2.05, 4.69) is 138 Å². The number of fused-ring (bicyclic) bond motifs is 5. The molecule has 0 saturated carbocycles. The predicted molar refractivity (Wildman–Crippen MR) is 336 cm³/mol. The van der Waals surface area contributed by atoms with Gasteiger partial charge in [-0.3, -0.25) is 0 Å². The molecular formula is C75H74N4OPt+2. The van der Waals surface area contributed by atoms with Crippen molar-refractivity contribution in [2.45, 2.75) is 137 Å². The van der Waals surface area contributed by atoms with Gasteiger partial charge in [-0.25, -0.2) is 4.98 Å². The third kappa shape index (κ3) is 10.1. The van der Waals surface area contributed by atoms with Crippen LogP contribution >= 0.6 is 0 Å². The monoisotopic (exact) mass is 1250 g/mol. The number of benzene rings is 8. The molecule has 0 N–H and O–H groups in total. The van der Waals surface area contributed by atoms with E-state index in [9.17, 15) is 5.48 Å². The van der Waals surface area contributed by atoms with Gasteiger partial charge in [-0.05, 0) is 120 Å². The predicted octanol–water partition coefficient (Wildman–Crippen LogP) is 20.0. The molecule has 5 nitrogen and oxygen atoms in total. The topological polar surface area (TPSA) is 33.1 Å². The first-order valence-electron chi connectivity index (χ1n) is 33.6. The summed E-state index contributed by atoms with van der Waals surface area (Å²) in [6.07, 6.45) is 3.53. The van der Waals surface area contributed by atoms with Crippen molar-refractivity contribution in [2.24, 2.45) is 0 Å². The number of rotatable bonds is 8. The van der Waals surface area contributed by atoms with E-state index in [4.69, 9.17) is 20.7 Å². The van der Waals surface area contributed by atoms with Crippen LogP contribution in [0.4, 0.5) is 22.7 Å². The van der Waals surface area contributed by atoms with E-state index in [1.54, 1.807) is 29.0 Å². The standard InChI is InChI=1S/C75H74N4O.Pt/c1-48-39-69(76-46-60(48)50-31-35-61-63(42-50)75(13,14)38-37-74(61,11)12)79-64-28-19-18-25-58(64)59-34-33-55(45-67(59)79)80-68-44-54(32-36-62(68)73(8,9)10)77-47-78(66-30-21-20-29-65(66)77)70-56(49-23-16-15-17-24-49)26-22-27-57(70)51-40-52(71(2,3)4)43-53(41-51)72(5,6)7;/h15-36,39-43,46H,37-38H2,1-14H3;/q;+2/i1D3,15D,16D,17D,18D,19D,23D,24D,25D,28D;. The first-order chi connectivity index (χ1) is 42.9. The zero-order valence-electron chi connectivity index (χ0n) is 60.4. The van der Waals surface area contributed by atoms with Crippen LogP contribution in [0.1, 0.15) is 153 Å². The Labute approximate surface area is 511 Å². The van der Waals surface area contributed by atoms with E-state index in [0.29, 0.717) is 50.6 Å². The van der Waals surface area contributed by atoms with Gasteiger partial charge in [-0.15, -0.1) is 23.1 Å². The molecule has 0 radical (unpaired) electrons. The summed E-state index contributed by atoms with van der Waals surface area (Å²) in [5.41, 5.74) is 10.1. The maximum atomic E-state index is 9.38. The molecule has 12 rings (SSSR count). The van der Waals surface area contributed by atoms with Gasteiger partial charge in [-0.2, -0.15) is 12.1 Å². The molecule has 10 aromatic rings. The normalized spacial score (nSPS) is 17.0. The van der Waals surface area contributed by atoms with Gasteiger partial charge in [0.05, 0.1) is 23.5 Å². The number of aryl methyl sites for hydroxylation is 1. The summed E-state index contributed by atoms with van der Waals surface area (Å²) in [7, 11) is 0. The molecule has 2 aromatic heterocycles. The van der Waals surface area contributed by atoms with E-state index in [0.717, 1.165) is 46.2 Å². The van der Waals surface area contributed by atoms with Gasteiger partial charge in [0.2, 0.25) is 5.69 Å². The Kier molecular flexibility index (Phi) is 10.6. The van der Waals surface area contributed by atoms with Crippen molar-refractivity contribution in [3.05, 3.63) is 215 Å². The van der Waals surface area contributed by atoms with Crippen LogP contribution in [0, 0.1) is 19.0 Å². The third-order valence-corrected chi connectivity index (χ3v) is 16.3. The zero-order valence-corrected chi connectivity index (χ0v) is 50.7. The Hall–Kier alpha value is -7.42. The maximum Gasteiger partial charge on any atom is 2.00 e. The summed E-state index contributed by atoms with van der Waals surface area (Å²) < 4.78 is 120. The van der Waals surface area contributed by atoms with Gasteiger partial charge in [0, 0.05) is 45.0 Å². The van der Waals surface area contributed by atoms with Crippen molar-refractivity contribution in [1.82, 2.24) is 18.7 Å². The second kappa shape index (κ2) is 20.2. The second-order valence-corrected chi connectivity index (χ2v) is 26.0. The van der Waals surface area contributed by atoms with Crippen LogP contribution in [0.25, 0.3) is 61.0 Å². The van der Waals surface area contributed by atoms with E-state index >= 15 is 0 Å². The molecule has 0 atom stereocenters. The van der Waals surface area contributed by atoms with Crippen LogP contribution < -0.4 is 13.9 Å². The quantitative estimate of drug-likeness (QED) is 0.112. The van der Waals surface area contributed by atoms with Gasteiger partial charge in [0.25, 0.3) is 11.4 Å². The summed E-state index contributed by atoms with van der Waals surface area (Å²) in [6, 6.07) is 42.1. The van der Waals surface area contributed by atoms with Crippen LogP contribution in [0.2, 0.25) is 0 Å². The molecule has 6 heteroatoms. The summed E-state index contributed by atoms with van der Waals surface area (Å²) in [6.45, 7) is 25.5. The second-order valence-electron chi connectivity index (χ2n) is 26.0. The number of para-hydroxylation sites is 4. The fraction of sp³-hybridized carbons (Fsp3) is 0.280. The summed E-state index contributed by atoms with van der Waals surface area (Å²) in [5, 5.41) is 0.615. The molecule has 0 saturated heterocycles. The van der Waals surface area contributed by atoms with Crippen molar-refractivity contribution in [2.75, 3.05) is 0 Å². The Bertz CT molecular complexity index is 4820. The Morgan fingerprint density at radius 3 is 1.94 bits per heavy atom. The molecule has 1 aliphatic carbocycles. The number of nitrogens with zero attached hydrogens (tertiary/aromatic N) is 4. The molecule has 2 aliphatic rings. The van der Waals surface area contributed by atoms with Crippen molar-refractivity contribution in [3.8, 4) is 50.7 Å². The van der Waals surface area contributed by atoms with Gasteiger partial charge in [0.15, 0.2) is 0 Å². The fourth-order valence-corrected chi connectivity index (χ4v) is 11.5. The molecule has 408 valence electrons. The first-order valence-corrected chi connectivity index (χ1v) is 27.6. The average Bonchev–Trinajstić information content (AvgIpc) is 1.63. The van der Waals surface area contributed by atoms with Gasteiger partial charge < -0.3 is 9.30 Å². The largest absolute Gasteiger partial charge is 2.00 e. The zero-order chi connectivity index (χ0) is 66.6. The number of hydrogen-bond acceptors (Lipinski definition) is 2. The molecule has 0 amide bonds. The molecule has 0 bridgehead atoms. The SMILES string of the molecule is [2H]c1c([2H])c([2H])c(-c2cccc(-c3cc(C(C)(C)C)cc(C(C)(C)C)c3)c2[N+]2=C=[N+](c3[c-]c(Oc4[c-]c5c(cc4)c4c([2H])c([2H])c([2H])c([2H])c4n5-c4cc(C([2H])([2H])[2H])c(-c5ccc6c(c5)C(C)(C)CCC6(C)C)cn4)c(C(C)(C)C)cc3)c3ccccc32)c([2H])c1[2H].[Pt+2]. The van der Waals surface area contributed by atoms with Gasteiger partial charge >= 0.3 is 27.1 Å². The molecule has 81 heavy (non-hydrogen) atoms. The fourth-order valence-electron chi connectivity index (χ4n) is 11.5. The van der Waals surface area contributed by atoms with Crippen molar-refractivity contribution in [1.29, 1.82) is 0 Å². The van der Waals surface area contributed by atoms with Crippen LogP contribution in [0.15, 0.2) is 170 Å². The van der Waals surface area contributed by atoms with E-state index < -0.39 is 42.5 Å². The molecule has 3 heterocycles. The Morgan fingerprint density at radius 2 is 1.26 bits per heavy atom. The smallest absolute Gasteiger partial charge is 0.509 e. The minimum absolute atomic E-state index is 0. The van der Waals surface area contributed by atoms with Gasteiger partial charge in [-0.1, -0.05) is 221 Å². The maximum absolute atomic E-state index is 9.38. The van der Waals surface area contributed by atoms with Crippen LogP contribution in [-0.4, -0.2) is 15.6 Å². The number of ether oxygens (including phenoxy) is 1. The first kappa shape index (κ1) is 42.4. The van der Waals surface area contributed by atoms with E-state index in [1.165, 1.54) is 11.6 Å². The van der Waals surface area contributed by atoms with Crippen LogP contribution in [0.3, 0.4) is 0 Å². The minimum Gasteiger partial charge on any atom is -0.509 e. The molecule has 0 unspecified atom stereocenters. The van der Waals surface area contributed by atoms with Crippen LogP contribution in [-0.2, 0) is 48.1 Å². The van der Waals surface area contributed by atoms with Crippen molar-refractivity contribution < 1.29 is 42.3 Å². The minimum atomic E-state index is -2.63. The summed E-state index contributed by atoms with van der Waals surface area (Å²) >= 11 is 0. The van der Waals surface area contributed by atoms with E-state index in [1.807, 2.05) is 63.7 Å². The molecule has 1 aliphatic heterocycles.